The fourth-order valence-corrected chi connectivity index (χ4v) is 2.61. The van der Waals surface area contributed by atoms with Crippen LogP contribution in [0.25, 0.3) is 11.3 Å². The second kappa shape index (κ2) is 5.46. The molecule has 1 atom stereocenters. The van der Waals surface area contributed by atoms with E-state index in [1.807, 2.05) is 13.1 Å². The lowest BCUT2D eigenvalue weighted by atomic mass is 10.1. The molecule has 20 heavy (non-hydrogen) atoms. The van der Waals surface area contributed by atoms with Gasteiger partial charge in [0.25, 0.3) is 0 Å². The van der Waals surface area contributed by atoms with E-state index in [1.165, 1.54) is 12.1 Å². The molecule has 0 unspecified atom stereocenters. The monoisotopic (exact) mass is 269 g/mol. The van der Waals surface area contributed by atoms with Crippen LogP contribution in [0.5, 0.6) is 0 Å². The van der Waals surface area contributed by atoms with Crippen LogP contribution in [0.3, 0.4) is 0 Å². The molecule has 0 spiro atoms. The van der Waals surface area contributed by atoms with E-state index in [-0.39, 0.29) is 0 Å². The molecule has 1 fully saturated rings. The topological polar surface area (TPSA) is 67.1 Å². The van der Waals surface area contributed by atoms with Gasteiger partial charge in [0.2, 0.25) is 5.95 Å². The molecule has 0 bridgehead atoms. The second-order valence-corrected chi connectivity index (χ2v) is 5.07. The molecule has 0 radical (unpaired) electrons. The third-order valence-corrected chi connectivity index (χ3v) is 3.80. The highest BCUT2D eigenvalue weighted by atomic mass is 15.2. The third-order valence-electron chi connectivity index (χ3n) is 3.80. The Morgan fingerprint density at radius 1 is 1.25 bits per heavy atom. The predicted molar refractivity (Wildman–Crippen MR) is 81.6 cm³/mol. The van der Waals surface area contributed by atoms with E-state index in [4.69, 9.17) is 5.73 Å². The van der Waals surface area contributed by atoms with Crippen molar-refractivity contribution in [1.82, 2.24) is 15.3 Å². The number of benzene rings is 1. The molecule has 1 saturated heterocycles. The van der Waals surface area contributed by atoms with E-state index in [0.29, 0.717) is 12.0 Å². The van der Waals surface area contributed by atoms with Gasteiger partial charge in [-0.1, -0.05) is 12.1 Å². The molecule has 0 amide bonds. The number of anilines is 2. The van der Waals surface area contributed by atoms with Crippen LogP contribution < -0.4 is 16.0 Å². The van der Waals surface area contributed by atoms with Crippen molar-refractivity contribution in [1.29, 1.82) is 0 Å². The first-order valence-electron chi connectivity index (χ1n) is 6.87. The Hall–Kier alpha value is -2.14. The number of hydrogen-bond acceptors (Lipinski definition) is 5. The van der Waals surface area contributed by atoms with Gasteiger partial charge in [0.05, 0.1) is 5.69 Å². The van der Waals surface area contributed by atoms with Gasteiger partial charge in [-0.25, -0.2) is 9.97 Å². The van der Waals surface area contributed by atoms with Crippen molar-refractivity contribution in [2.75, 3.05) is 30.8 Å². The van der Waals surface area contributed by atoms with Crippen LogP contribution in [0, 0.1) is 0 Å². The van der Waals surface area contributed by atoms with Crippen molar-refractivity contribution in [3.05, 3.63) is 36.5 Å². The first kappa shape index (κ1) is 12.9. The van der Waals surface area contributed by atoms with Gasteiger partial charge in [-0.05, 0) is 31.7 Å². The number of likely N-dealkylation sites (N-methyl/N-ethyl adjacent to an activating group) is 1. The summed E-state index contributed by atoms with van der Waals surface area (Å²) >= 11 is 0. The lowest BCUT2D eigenvalue weighted by molar-refractivity contribution is 0.617. The maximum atomic E-state index is 5.62. The molecule has 1 aliphatic heterocycles. The van der Waals surface area contributed by atoms with Crippen molar-refractivity contribution in [2.24, 2.45) is 0 Å². The Kier molecular flexibility index (Phi) is 3.52. The van der Waals surface area contributed by atoms with Crippen molar-refractivity contribution in [3.63, 3.8) is 0 Å². The van der Waals surface area contributed by atoms with Crippen LogP contribution in [0.15, 0.2) is 36.5 Å². The van der Waals surface area contributed by atoms with Gasteiger partial charge in [0, 0.05) is 36.6 Å². The van der Waals surface area contributed by atoms with Gasteiger partial charge in [0.1, 0.15) is 0 Å². The highest BCUT2D eigenvalue weighted by molar-refractivity contribution is 5.63. The lowest BCUT2D eigenvalue weighted by Crippen LogP contribution is -2.29. The van der Waals surface area contributed by atoms with Crippen LogP contribution in [0.4, 0.5) is 11.6 Å². The fraction of sp³-hybridized carbons (Fsp3) is 0.333. The number of hydrogen-bond donors (Lipinski definition) is 2. The number of nitrogen functional groups attached to an aromatic ring is 1. The fourth-order valence-electron chi connectivity index (χ4n) is 2.61. The van der Waals surface area contributed by atoms with Gasteiger partial charge in [-0.2, -0.15) is 0 Å². The van der Waals surface area contributed by atoms with E-state index in [2.05, 4.69) is 44.5 Å². The molecule has 5 nitrogen and oxygen atoms in total. The molecule has 1 aliphatic rings. The summed E-state index contributed by atoms with van der Waals surface area (Å²) < 4.78 is 0. The first-order chi connectivity index (χ1) is 9.76. The highest BCUT2D eigenvalue weighted by Gasteiger charge is 2.20. The lowest BCUT2D eigenvalue weighted by Gasteiger charge is -2.18. The summed E-state index contributed by atoms with van der Waals surface area (Å²) in [6.45, 7) is 2.17. The van der Waals surface area contributed by atoms with Crippen LogP contribution in [0.2, 0.25) is 0 Å². The molecule has 1 aromatic heterocycles. The van der Waals surface area contributed by atoms with E-state index < -0.39 is 0 Å². The smallest absolute Gasteiger partial charge is 0.220 e. The van der Waals surface area contributed by atoms with Gasteiger partial charge < -0.3 is 16.0 Å². The van der Waals surface area contributed by atoms with Crippen molar-refractivity contribution in [2.45, 2.75) is 12.5 Å². The van der Waals surface area contributed by atoms with Crippen LogP contribution in [0.1, 0.15) is 6.42 Å². The molecular formula is C15H19N5. The summed E-state index contributed by atoms with van der Waals surface area (Å²) in [5.74, 6) is 0.308. The summed E-state index contributed by atoms with van der Waals surface area (Å²) in [7, 11) is 2.02. The summed E-state index contributed by atoms with van der Waals surface area (Å²) in [4.78, 5) is 10.6. The van der Waals surface area contributed by atoms with Crippen LogP contribution in [-0.4, -0.2) is 36.1 Å². The maximum Gasteiger partial charge on any atom is 0.220 e. The molecular weight excluding hydrogens is 250 g/mol. The van der Waals surface area contributed by atoms with Crippen molar-refractivity contribution >= 4 is 11.6 Å². The van der Waals surface area contributed by atoms with E-state index in [0.717, 1.165) is 24.3 Å². The van der Waals surface area contributed by atoms with Gasteiger partial charge in [-0.3, -0.25) is 0 Å². The quantitative estimate of drug-likeness (QED) is 0.884. The minimum atomic E-state index is 0.308. The maximum absolute atomic E-state index is 5.62. The van der Waals surface area contributed by atoms with Gasteiger partial charge in [-0.15, -0.1) is 0 Å². The average Bonchev–Trinajstić information content (AvgIpc) is 2.96. The van der Waals surface area contributed by atoms with Crippen LogP contribution in [-0.2, 0) is 0 Å². The Balaban J connectivity index is 1.78. The standard InChI is InChI=1S/C15H19N5/c1-17-12-7-9-20(10-12)13-4-2-11(3-5-13)14-6-8-18-15(16)19-14/h2-6,8,12,17H,7,9-10H2,1H3,(H2,16,18,19)/t12-/m1/s1. The summed E-state index contributed by atoms with van der Waals surface area (Å²) in [6, 6.07) is 10.9. The van der Waals surface area contributed by atoms with Gasteiger partial charge in [0.15, 0.2) is 0 Å². The zero-order valence-electron chi connectivity index (χ0n) is 11.6. The Labute approximate surface area is 118 Å². The SMILES string of the molecule is CN[C@@H]1CCN(c2ccc(-c3ccnc(N)n3)cc2)C1. The van der Waals surface area contributed by atoms with E-state index in [1.54, 1.807) is 6.20 Å². The van der Waals surface area contributed by atoms with Crippen molar-refractivity contribution in [3.8, 4) is 11.3 Å². The number of nitrogens with zero attached hydrogens (tertiary/aromatic N) is 3. The number of rotatable bonds is 3. The first-order valence-corrected chi connectivity index (χ1v) is 6.87. The average molecular weight is 269 g/mol. The molecule has 0 aliphatic carbocycles. The summed E-state index contributed by atoms with van der Waals surface area (Å²) in [5, 5.41) is 3.33. The Bertz CT molecular complexity index is 581. The van der Waals surface area contributed by atoms with Crippen LogP contribution >= 0.6 is 0 Å². The zero-order chi connectivity index (χ0) is 13.9. The Morgan fingerprint density at radius 3 is 2.70 bits per heavy atom. The van der Waals surface area contributed by atoms with E-state index in [9.17, 15) is 0 Å². The largest absolute Gasteiger partial charge is 0.370 e. The molecule has 0 saturated carbocycles. The molecule has 3 rings (SSSR count). The minimum Gasteiger partial charge on any atom is -0.370 e. The second-order valence-electron chi connectivity index (χ2n) is 5.07. The van der Waals surface area contributed by atoms with Crippen molar-refractivity contribution < 1.29 is 0 Å². The number of nitrogens with two attached hydrogens (primary N) is 1. The zero-order valence-corrected chi connectivity index (χ0v) is 11.6. The molecule has 1 aromatic carbocycles. The highest BCUT2D eigenvalue weighted by Crippen LogP contribution is 2.24. The third kappa shape index (κ3) is 2.58. The Morgan fingerprint density at radius 2 is 2.05 bits per heavy atom. The number of nitrogens with one attached hydrogen (secondary N) is 1. The summed E-state index contributed by atoms with van der Waals surface area (Å²) in [5.41, 5.74) is 8.80. The predicted octanol–water partition coefficient (Wildman–Crippen LogP) is 1.52. The molecule has 2 aromatic rings. The summed E-state index contributed by atoms with van der Waals surface area (Å²) in [6.07, 6.45) is 2.88. The molecule has 2 heterocycles. The minimum absolute atomic E-state index is 0.308. The number of aromatic nitrogens is 2. The normalized spacial score (nSPS) is 18.4. The molecule has 3 N–H and O–H groups in total. The molecule has 104 valence electrons. The van der Waals surface area contributed by atoms with E-state index >= 15 is 0 Å². The molecule has 5 heteroatoms. The van der Waals surface area contributed by atoms with Gasteiger partial charge >= 0.3 is 0 Å².